The molecule has 3 aromatic rings. The van der Waals surface area contributed by atoms with Crippen LogP contribution in [0, 0.1) is 0 Å². The van der Waals surface area contributed by atoms with E-state index in [-0.39, 0.29) is 0 Å². The fraction of sp³-hybridized carbons (Fsp3) is 0.0625. The van der Waals surface area contributed by atoms with E-state index in [4.69, 9.17) is 0 Å². The summed E-state index contributed by atoms with van der Waals surface area (Å²) in [5.41, 5.74) is 1.16. The molecule has 0 saturated carbocycles. The predicted molar refractivity (Wildman–Crippen MR) is 84.2 cm³/mol. The zero-order valence-electron chi connectivity index (χ0n) is 11.2. The minimum absolute atomic E-state index is 0.377. The van der Waals surface area contributed by atoms with Crippen molar-refractivity contribution in [3.8, 4) is 0 Å². The molecule has 6 heteroatoms. The van der Waals surface area contributed by atoms with E-state index in [1.165, 1.54) is 6.07 Å². The second-order valence-corrected chi connectivity index (χ2v) is 5.64. The van der Waals surface area contributed by atoms with Gasteiger partial charge in [0.25, 0.3) is 0 Å². The fourth-order valence-electron chi connectivity index (χ4n) is 2.16. The Morgan fingerprint density at radius 3 is 2.59 bits per heavy atom. The van der Waals surface area contributed by atoms with Crippen molar-refractivity contribution < 1.29 is 13.2 Å². The first kappa shape index (κ1) is 14.8. The van der Waals surface area contributed by atoms with Crippen LogP contribution in [0.3, 0.4) is 0 Å². The summed E-state index contributed by atoms with van der Waals surface area (Å²) in [7, 11) is 0. The van der Waals surface area contributed by atoms with Crippen molar-refractivity contribution in [3.63, 3.8) is 0 Å². The molecule has 0 saturated heterocycles. The third kappa shape index (κ3) is 3.06. The standard InChI is InChI=1S/C16H10BrF3N2/c17-11-4-5-14-13(9-11)15(6-7-21-14)22-12-3-1-2-10(8-12)16(18,19)20/h1-9H,(H,21,22). The van der Waals surface area contributed by atoms with Crippen LogP contribution in [0.5, 0.6) is 0 Å². The highest BCUT2D eigenvalue weighted by Gasteiger charge is 2.30. The monoisotopic (exact) mass is 366 g/mol. The van der Waals surface area contributed by atoms with E-state index in [1.54, 1.807) is 18.3 Å². The Morgan fingerprint density at radius 2 is 1.82 bits per heavy atom. The van der Waals surface area contributed by atoms with E-state index < -0.39 is 11.7 Å². The zero-order valence-corrected chi connectivity index (χ0v) is 12.7. The molecule has 0 aliphatic rings. The molecule has 112 valence electrons. The molecule has 0 aliphatic carbocycles. The van der Waals surface area contributed by atoms with Crippen LogP contribution in [0.15, 0.2) is 59.2 Å². The van der Waals surface area contributed by atoms with Crippen LogP contribution in [0.4, 0.5) is 24.5 Å². The van der Waals surface area contributed by atoms with E-state index in [1.807, 2.05) is 18.2 Å². The number of hydrogen-bond donors (Lipinski definition) is 1. The smallest absolute Gasteiger partial charge is 0.355 e. The molecule has 1 aromatic heterocycles. The van der Waals surface area contributed by atoms with E-state index in [0.717, 1.165) is 27.5 Å². The van der Waals surface area contributed by atoms with Gasteiger partial charge in [0.15, 0.2) is 0 Å². The van der Waals surface area contributed by atoms with Gasteiger partial charge in [-0.2, -0.15) is 13.2 Å². The van der Waals surface area contributed by atoms with Gasteiger partial charge in [-0.15, -0.1) is 0 Å². The number of anilines is 2. The SMILES string of the molecule is FC(F)(F)c1cccc(Nc2ccnc3ccc(Br)cc23)c1. The van der Waals surface area contributed by atoms with Gasteiger partial charge in [-0.05, 0) is 42.5 Å². The maximum absolute atomic E-state index is 12.8. The number of halogens is 4. The van der Waals surface area contributed by atoms with Crippen molar-refractivity contribution in [2.45, 2.75) is 6.18 Å². The maximum Gasteiger partial charge on any atom is 0.416 e. The summed E-state index contributed by atoms with van der Waals surface area (Å²) in [6.07, 6.45) is -2.74. The van der Waals surface area contributed by atoms with Gasteiger partial charge in [0.1, 0.15) is 0 Å². The van der Waals surface area contributed by atoms with Crippen LogP contribution in [0.2, 0.25) is 0 Å². The largest absolute Gasteiger partial charge is 0.416 e. The van der Waals surface area contributed by atoms with Crippen molar-refractivity contribution in [1.29, 1.82) is 0 Å². The Balaban J connectivity index is 2.02. The molecule has 1 N–H and O–H groups in total. The highest BCUT2D eigenvalue weighted by atomic mass is 79.9. The number of aromatic nitrogens is 1. The first-order valence-electron chi connectivity index (χ1n) is 6.42. The summed E-state index contributed by atoms with van der Waals surface area (Å²) in [6, 6.07) is 12.4. The number of pyridine rings is 1. The van der Waals surface area contributed by atoms with Gasteiger partial charge in [0.2, 0.25) is 0 Å². The van der Waals surface area contributed by atoms with Crippen LogP contribution in [0.25, 0.3) is 10.9 Å². The number of alkyl halides is 3. The van der Waals surface area contributed by atoms with E-state index in [2.05, 4.69) is 26.2 Å². The Kier molecular flexibility index (Phi) is 3.78. The third-order valence-corrected chi connectivity index (χ3v) is 3.67. The number of nitrogens with one attached hydrogen (secondary N) is 1. The van der Waals surface area contributed by atoms with Crippen molar-refractivity contribution >= 4 is 38.2 Å². The molecular weight excluding hydrogens is 357 g/mol. The number of rotatable bonds is 2. The van der Waals surface area contributed by atoms with Gasteiger partial charge in [-0.25, -0.2) is 0 Å². The predicted octanol–water partition coefficient (Wildman–Crippen LogP) is 5.76. The number of nitrogens with zero attached hydrogens (tertiary/aromatic N) is 1. The highest BCUT2D eigenvalue weighted by Crippen LogP contribution is 2.32. The second kappa shape index (κ2) is 5.61. The third-order valence-electron chi connectivity index (χ3n) is 3.17. The lowest BCUT2D eigenvalue weighted by Gasteiger charge is -2.12. The minimum atomic E-state index is -4.36. The molecule has 0 bridgehead atoms. The van der Waals surface area contributed by atoms with Crippen LogP contribution in [-0.2, 0) is 6.18 Å². The Bertz CT molecular complexity index is 831. The minimum Gasteiger partial charge on any atom is -0.355 e. The summed E-state index contributed by atoms with van der Waals surface area (Å²) in [5.74, 6) is 0. The van der Waals surface area contributed by atoms with Crippen molar-refractivity contribution in [2.24, 2.45) is 0 Å². The first-order chi connectivity index (χ1) is 10.4. The van der Waals surface area contributed by atoms with Gasteiger partial charge in [-0.3, -0.25) is 4.98 Å². The summed E-state index contributed by atoms with van der Waals surface area (Å²) in [6.45, 7) is 0. The first-order valence-corrected chi connectivity index (χ1v) is 7.21. The van der Waals surface area contributed by atoms with Gasteiger partial charge in [0, 0.05) is 27.4 Å². The molecule has 3 rings (SSSR count). The molecule has 0 unspecified atom stereocenters. The molecule has 0 spiro atoms. The molecule has 0 atom stereocenters. The Morgan fingerprint density at radius 1 is 1.00 bits per heavy atom. The molecule has 2 nitrogen and oxygen atoms in total. The lowest BCUT2D eigenvalue weighted by Crippen LogP contribution is -2.05. The lowest BCUT2D eigenvalue weighted by molar-refractivity contribution is -0.137. The van der Waals surface area contributed by atoms with Crippen LogP contribution in [0.1, 0.15) is 5.56 Å². The highest BCUT2D eigenvalue weighted by molar-refractivity contribution is 9.10. The fourth-order valence-corrected chi connectivity index (χ4v) is 2.52. The van der Waals surface area contributed by atoms with Gasteiger partial charge in [0.05, 0.1) is 11.1 Å². The average molecular weight is 367 g/mol. The number of hydrogen-bond acceptors (Lipinski definition) is 2. The topological polar surface area (TPSA) is 24.9 Å². The van der Waals surface area contributed by atoms with Crippen LogP contribution >= 0.6 is 15.9 Å². The summed E-state index contributed by atoms with van der Waals surface area (Å²) in [4.78, 5) is 4.24. The average Bonchev–Trinajstić information content (AvgIpc) is 2.47. The molecule has 1 heterocycles. The number of fused-ring (bicyclic) bond motifs is 1. The number of benzene rings is 2. The Hall–Kier alpha value is -2.08. The van der Waals surface area contributed by atoms with E-state index >= 15 is 0 Å². The molecular formula is C16H10BrF3N2. The zero-order chi connectivity index (χ0) is 15.7. The summed E-state index contributed by atoms with van der Waals surface area (Å²) >= 11 is 3.39. The molecule has 22 heavy (non-hydrogen) atoms. The van der Waals surface area contributed by atoms with Gasteiger partial charge < -0.3 is 5.32 Å². The maximum atomic E-state index is 12.8. The van der Waals surface area contributed by atoms with Crippen LogP contribution < -0.4 is 5.32 Å². The van der Waals surface area contributed by atoms with Crippen molar-refractivity contribution in [2.75, 3.05) is 5.32 Å². The van der Waals surface area contributed by atoms with Crippen LogP contribution in [-0.4, -0.2) is 4.98 Å². The summed E-state index contributed by atoms with van der Waals surface area (Å²) < 4.78 is 39.2. The van der Waals surface area contributed by atoms with Crippen molar-refractivity contribution in [3.05, 3.63) is 64.8 Å². The molecule has 0 amide bonds. The Labute approximate surface area is 133 Å². The van der Waals surface area contributed by atoms with Gasteiger partial charge >= 0.3 is 6.18 Å². The molecule has 0 fully saturated rings. The molecule has 0 aliphatic heterocycles. The molecule has 0 radical (unpaired) electrons. The molecule has 2 aromatic carbocycles. The quantitative estimate of drug-likeness (QED) is 0.623. The van der Waals surface area contributed by atoms with Gasteiger partial charge in [-0.1, -0.05) is 22.0 Å². The van der Waals surface area contributed by atoms with E-state index in [9.17, 15) is 13.2 Å². The normalized spacial score (nSPS) is 11.6. The summed E-state index contributed by atoms with van der Waals surface area (Å²) in [5, 5.41) is 3.85. The second-order valence-electron chi connectivity index (χ2n) is 4.72. The van der Waals surface area contributed by atoms with Crippen molar-refractivity contribution in [1.82, 2.24) is 4.98 Å². The van der Waals surface area contributed by atoms with E-state index in [0.29, 0.717) is 11.4 Å². The lowest BCUT2D eigenvalue weighted by atomic mass is 10.1.